The van der Waals surface area contributed by atoms with Crippen molar-refractivity contribution in [1.82, 2.24) is 20.6 Å². The van der Waals surface area contributed by atoms with Crippen molar-refractivity contribution in [3.05, 3.63) is 60.2 Å². The number of piperazine rings is 1. The van der Waals surface area contributed by atoms with Gasteiger partial charge in [0.25, 0.3) is 0 Å². The predicted octanol–water partition coefficient (Wildman–Crippen LogP) is 1.02. The van der Waals surface area contributed by atoms with Gasteiger partial charge in [-0.2, -0.15) is 21.0 Å². The Bertz CT molecular complexity index is 849. The molecule has 0 bridgehead atoms. The van der Waals surface area contributed by atoms with Gasteiger partial charge in [-0.1, -0.05) is 12.1 Å². The molecule has 0 aromatic carbocycles. The minimum atomic E-state index is -1.71. The summed E-state index contributed by atoms with van der Waals surface area (Å²) in [6, 6.07) is 12.8. The van der Waals surface area contributed by atoms with Gasteiger partial charge < -0.3 is 0 Å². The molecule has 0 radical (unpaired) electrons. The van der Waals surface area contributed by atoms with Crippen LogP contribution < -0.4 is 10.6 Å². The van der Waals surface area contributed by atoms with E-state index in [1.54, 1.807) is 36.7 Å². The summed E-state index contributed by atoms with van der Waals surface area (Å²) in [5.41, 5.74) is -2.38. The Hall–Kier alpha value is -3.82. The normalized spacial score (nSPS) is 22.8. The van der Waals surface area contributed by atoms with E-state index in [0.717, 1.165) is 0 Å². The van der Waals surface area contributed by atoms with Gasteiger partial charge in [0.05, 0.1) is 12.1 Å². The van der Waals surface area contributed by atoms with Crippen LogP contribution in [0.3, 0.4) is 0 Å². The second kappa shape index (κ2) is 6.59. The Morgan fingerprint density at radius 2 is 1.12 bits per heavy atom. The molecule has 1 aliphatic heterocycles. The summed E-state index contributed by atoms with van der Waals surface area (Å²) in [5.74, 6) is 0. The number of rotatable bonds is 2. The largest absolute Gasteiger partial charge is 0.275 e. The molecule has 0 spiro atoms. The van der Waals surface area contributed by atoms with E-state index in [2.05, 4.69) is 20.6 Å². The summed E-state index contributed by atoms with van der Waals surface area (Å²) in [6.07, 6.45) is 6.10. The summed E-state index contributed by atoms with van der Waals surface area (Å²) < 4.78 is 0. The summed E-state index contributed by atoms with van der Waals surface area (Å²) in [4.78, 5) is 8.02. The van der Waals surface area contributed by atoms with Crippen molar-refractivity contribution in [1.29, 1.82) is 21.0 Å². The number of aromatic nitrogens is 2. The molecule has 1 saturated heterocycles. The van der Waals surface area contributed by atoms with E-state index in [1.165, 1.54) is 12.4 Å². The molecule has 2 atom stereocenters. The van der Waals surface area contributed by atoms with Crippen molar-refractivity contribution in [2.45, 2.75) is 23.2 Å². The van der Waals surface area contributed by atoms with Crippen LogP contribution in [0.2, 0.25) is 0 Å². The van der Waals surface area contributed by atoms with Crippen LogP contribution in [0.25, 0.3) is 0 Å². The SMILES string of the molecule is N#CC1(C#N)N[C@@H](c2cccnc2)C(C#N)(C#N)N[C@H]1c1cccnc1. The first-order valence-corrected chi connectivity index (χ1v) is 7.65. The van der Waals surface area contributed by atoms with Gasteiger partial charge in [0.1, 0.15) is 24.3 Å². The molecule has 0 unspecified atom stereocenters. The lowest BCUT2D eigenvalue weighted by Gasteiger charge is -2.46. The topological polar surface area (TPSA) is 145 Å². The molecule has 26 heavy (non-hydrogen) atoms. The summed E-state index contributed by atoms with van der Waals surface area (Å²) in [6.45, 7) is 0. The molecule has 1 aliphatic rings. The van der Waals surface area contributed by atoms with Crippen molar-refractivity contribution < 1.29 is 0 Å². The molecule has 8 heteroatoms. The summed E-state index contributed by atoms with van der Waals surface area (Å²) in [5, 5.41) is 45.0. The molecule has 0 amide bonds. The zero-order valence-corrected chi connectivity index (χ0v) is 13.5. The van der Waals surface area contributed by atoms with Gasteiger partial charge >= 0.3 is 0 Å². The fourth-order valence-electron chi connectivity index (χ4n) is 3.04. The summed E-state index contributed by atoms with van der Waals surface area (Å²) in [7, 11) is 0. The predicted molar refractivity (Wildman–Crippen MR) is 88.1 cm³/mol. The maximum Gasteiger partial charge on any atom is 0.214 e. The molecule has 3 heterocycles. The second-order valence-corrected chi connectivity index (χ2v) is 5.79. The van der Waals surface area contributed by atoms with Gasteiger partial charge in [-0.15, -0.1) is 0 Å². The van der Waals surface area contributed by atoms with Crippen LogP contribution >= 0.6 is 0 Å². The van der Waals surface area contributed by atoms with E-state index < -0.39 is 23.2 Å². The van der Waals surface area contributed by atoms with E-state index in [9.17, 15) is 21.0 Å². The lowest BCUT2D eigenvalue weighted by atomic mass is 9.76. The van der Waals surface area contributed by atoms with Crippen molar-refractivity contribution in [2.24, 2.45) is 0 Å². The number of pyridine rings is 2. The first kappa shape index (κ1) is 17.0. The van der Waals surface area contributed by atoms with Crippen LogP contribution in [0.4, 0.5) is 0 Å². The molecular formula is C18H12N8. The molecule has 2 aromatic rings. The Kier molecular flexibility index (Phi) is 4.31. The van der Waals surface area contributed by atoms with Gasteiger partial charge in [0, 0.05) is 24.8 Å². The first-order valence-electron chi connectivity index (χ1n) is 7.65. The fourth-order valence-corrected chi connectivity index (χ4v) is 3.04. The molecule has 3 rings (SSSR count). The quantitative estimate of drug-likeness (QED) is 0.824. The Balaban J connectivity index is 2.18. The molecule has 2 N–H and O–H groups in total. The number of nitrogens with one attached hydrogen (secondary N) is 2. The van der Waals surface area contributed by atoms with E-state index in [0.29, 0.717) is 11.1 Å². The minimum absolute atomic E-state index is 0.516. The average Bonchev–Trinajstić information content (AvgIpc) is 2.74. The zero-order chi connectivity index (χ0) is 18.6. The number of nitriles is 4. The second-order valence-electron chi connectivity index (χ2n) is 5.79. The third kappa shape index (κ3) is 2.53. The van der Waals surface area contributed by atoms with Gasteiger partial charge in [-0.3, -0.25) is 20.6 Å². The highest BCUT2D eigenvalue weighted by Gasteiger charge is 2.57. The molecular weight excluding hydrogens is 328 g/mol. The first-order chi connectivity index (χ1) is 12.6. The highest BCUT2D eigenvalue weighted by atomic mass is 15.2. The van der Waals surface area contributed by atoms with E-state index >= 15 is 0 Å². The molecule has 124 valence electrons. The van der Waals surface area contributed by atoms with Crippen molar-refractivity contribution in [2.75, 3.05) is 0 Å². The highest BCUT2D eigenvalue weighted by molar-refractivity contribution is 5.45. The third-order valence-corrected chi connectivity index (χ3v) is 4.35. The van der Waals surface area contributed by atoms with Gasteiger partial charge in [-0.05, 0) is 23.3 Å². The molecule has 2 aromatic heterocycles. The lowest BCUT2D eigenvalue weighted by Crippen LogP contribution is -2.69. The van der Waals surface area contributed by atoms with Crippen LogP contribution in [0.15, 0.2) is 49.1 Å². The number of hydrogen-bond donors (Lipinski definition) is 2. The number of nitrogens with zero attached hydrogens (tertiary/aromatic N) is 6. The lowest BCUT2D eigenvalue weighted by molar-refractivity contribution is 0.188. The Morgan fingerprint density at radius 1 is 0.731 bits per heavy atom. The van der Waals surface area contributed by atoms with Crippen molar-refractivity contribution in [3.63, 3.8) is 0 Å². The molecule has 1 fully saturated rings. The maximum absolute atomic E-state index is 9.78. The molecule has 0 aliphatic carbocycles. The Labute approximate surface area is 150 Å². The van der Waals surface area contributed by atoms with Gasteiger partial charge in [0.15, 0.2) is 0 Å². The van der Waals surface area contributed by atoms with Gasteiger partial charge in [0.2, 0.25) is 11.1 Å². The van der Waals surface area contributed by atoms with Crippen LogP contribution in [0.1, 0.15) is 23.2 Å². The average molecular weight is 340 g/mol. The van der Waals surface area contributed by atoms with Crippen LogP contribution in [-0.4, -0.2) is 21.0 Å². The fraction of sp³-hybridized carbons (Fsp3) is 0.222. The maximum atomic E-state index is 9.78. The highest BCUT2D eigenvalue weighted by Crippen LogP contribution is 2.39. The monoisotopic (exact) mass is 340 g/mol. The van der Waals surface area contributed by atoms with E-state index in [4.69, 9.17) is 0 Å². The van der Waals surface area contributed by atoms with E-state index in [-0.39, 0.29) is 0 Å². The molecule has 0 saturated carbocycles. The van der Waals surface area contributed by atoms with Crippen LogP contribution in [0, 0.1) is 45.3 Å². The van der Waals surface area contributed by atoms with Gasteiger partial charge in [-0.25, -0.2) is 0 Å². The van der Waals surface area contributed by atoms with Crippen LogP contribution in [-0.2, 0) is 0 Å². The Morgan fingerprint density at radius 3 is 1.38 bits per heavy atom. The summed E-state index contributed by atoms with van der Waals surface area (Å²) >= 11 is 0. The minimum Gasteiger partial charge on any atom is -0.275 e. The van der Waals surface area contributed by atoms with Crippen molar-refractivity contribution >= 4 is 0 Å². The smallest absolute Gasteiger partial charge is 0.214 e. The molecule has 8 nitrogen and oxygen atoms in total. The third-order valence-electron chi connectivity index (χ3n) is 4.35. The zero-order valence-electron chi connectivity index (χ0n) is 13.5. The standard InChI is InChI=1S/C18H12N8/c19-9-17(10-20)15(13-3-1-5-23-7-13)25-18(11-21,12-22)16(26-17)14-4-2-6-24-8-14/h1-8,15-16,25-26H/t15-,16-/m0/s1. The van der Waals surface area contributed by atoms with Crippen LogP contribution in [0.5, 0.6) is 0 Å². The van der Waals surface area contributed by atoms with Crippen molar-refractivity contribution in [3.8, 4) is 24.3 Å². The van der Waals surface area contributed by atoms with E-state index in [1.807, 2.05) is 24.3 Å². The number of hydrogen-bond acceptors (Lipinski definition) is 8.